The molecule has 0 spiro atoms. The van der Waals surface area contributed by atoms with E-state index in [4.69, 9.17) is 5.11 Å². The normalized spacial score (nSPS) is 10.1. The van der Waals surface area contributed by atoms with Crippen LogP contribution in [0.4, 0.5) is 0 Å². The van der Waals surface area contributed by atoms with Crippen molar-refractivity contribution in [3.05, 3.63) is 34.3 Å². The molecule has 0 bridgehead atoms. The zero-order valence-electron chi connectivity index (χ0n) is 10.2. The van der Waals surface area contributed by atoms with Crippen LogP contribution in [0.5, 0.6) is 0 Å². The van der Waals surface area contributed by atoms with E-state index in [9.17, 15) is 9.59 Å². The maximum atomic E-state index is 11.8. The number of aliphatic carboxylic acids is 1. The summed E-state index contributed by atoms with van der Waals surface area (Å²) in [6.07, 6.45) is 1.02. The van der Waals surface area contributed by atoms with Gasteiger partial charge in [-0.05, 0) is 18.1 Å². The number of carboxylic acids is 1. The van der Waals surface area contributed by atoms with Gasteiger partial charge in [-0.15, -0.1) is 0 Å². The fraction of sp³-hybridized carbons (Fsp3) is 0.385. The molecular formula is C13H16BrNO3. The minimum Gasteiger partial charge on any atom is -0.481 e. The molecule has 5 heteroatoms. The van der Waals surface area contributed by atoms with Crippen LogP contribution in [0, 0.1) is 0 Å². The van der Waals surface area contributed by atoms with Gasteiger partial charge >= 0.3 is 5.97 Å². The predicted octanol–water partition coefficient (Wildman–Crippen LogP) is 2.31. The SMILES string of the molecule is CN(CCC(=O)O)C(=O)CCc1ccccc1Br. The number of carboxylic acid groups (broad SMARTS) is 1. The molecule has 0 radical (unpaired) electrons. The molecule has 4 nitrogen and oxygen atoms in total. The van der Waals surface area contributed by atoms with Crippen LogP contribution in [0.15, 0.2) is 28.7 Å². The Labute approximate surface area is 115 Å². The van der Waals surface area contributed by atoms with E-state index in [2.05, 4.69) is 15.9 Å². The number of hydrogen-bond acceptors (Lipinski definition) is 2. The number of amides is 1. The van der Waals surface area contributed by atoms with Crippen LogP contribution >= 0.6 is 15.9 Å². The van der Waals surface area contributed by atoms with E-state index in [0.717, 1.165) is 10.0 Å². The van der Waals surface area contributed by atoms with Gasteiger partial charge < -0.3 is 10.0 Å². The lowest BCUT2D eigenvalue weighted by Gasteiger charge is -2.16. The Morgan fingerprint density at radius 3 is 2.56 bits per heavy atom. The van der Waals surface area contributed by atoms with Crippen molar-refractivity contribution >= 4 is 27.8 Å². The highest BCUT2D eigenvalue weighted by molar-refractivity contribution is 9.10. The van der Waals surface area contributed by atoms with Crippen LogP contribution in [0.25, 0.3) is 0 Å². The fourth-order valence-corrected chi connectivity index (χ4v) is 2.00. The summed E-state index contributed by atoms with van der Waals surface area (Å²) in [5, 5.41) is 8.54. The largest absolute Gasteiger partial charge is 0.481 e. The van der Waals surface area contributed by atoms with E-state index < -0.39 is 5.97 Å². The minimum absolute atomic E-state index is 0.0166. The van der Waals surface area contributed by atoms with Crippen molar-refractivity contribution in [2.75, 3.05) is 13.6 Å². The molecule has 1 amide bonds. The second kappa shape index (κ2) is 7.16. The summed E-state index contributed by atoms with van der Waals surface area (Å²) in [6.45, 7) is 0.254. The smallest absolute Gasteiger partial charge is 0.305 e. The van der Waals surface area contributed by atoms with Gasteiger partial charge in [-0.1, -0.05) is 34.1 Å². The molecule has 18 heavy (non-hydrogen) atoms. The van der Waals surface area contributed by atoms with E-state index in [1.807, 2.05) is 24.3 Å². The van der Waals surface area contributed by atoms with Crippen molar-refractivity contribution in [2.45, 2.75) is 19.3 Å². The van der Waals surface area contributed by atoms with E-state index in [0.29, 0.717) is 12.8 Å². The third-order valence-corrected chi connectivity index (χ3v) is 3.43. The lowest BCUT2D eigenvalue weighted by atomic mass is 10.1. The summed E-state index contributed by atoms with van der Waals surface area (Å²) in [5.74, 6) is -0.924. The molecule has 0 aliphatic heterocycles. The quantitative estimate of drug-likeness (QED) is 0.876. The lowest BCUT2D eigenvalue weighted by molar-refractivity contribution is -0.138. The molecule has 0 atom stereocenters. The average Bonchev–Trinajstić information content (AvgIpc) is 2.34. The Morgan fingerprint density at radius 2 is 1.94 bits per heavy atom. The van der Waals surface area contributed by atoms with Gasteiger partial charge in [0.05, 0.1) is 6.42 Å². The summed E-state index contributed by atoms with van der Waals surface area (Å²) in [6, 6.07) is 7.76. The van der Waals surface area contributed by atoms with E-state index in [1.165, 1.54) is 4.90 Å². The van der Waals surface area contributed by atoms with Crippen LogP contribution in [0.1, 0.15) is 18.4 Å². The van der Waals surface area contributed by atoms with Gasteiger partial charge in [0.25, 0.3) is 0 Å². The van der Waals surface area contributed by atoms with E-state index >= 15 is 0 Å². The molecule has 0 aliphatic rings. The van der Waals surface area contributed by atoms with E-state index in [1.54, 1.807) is 7.05 Å². The first-order chi connectivity index (χ1) is 8.50. The van der Waals surface area contributed by atoms with Crippen LogP contribution in [0.2, 0.25) is 0 Å². The van der Waals surface area contributed by atoms with Gasteiger partial charge in [0.1, 0.15) is 0 Å². The number of hydrogen-bond donors (Lipinski definition) is 1. The van der Waals surface area contributed by atoms with Crippen molar-refractivity contribution in [1.29, 1.82) is 0 Å². The fourth-order valence-electron chi connectivity index (χ4n) is 1.52. The van der Waals surface area contributed by atoms with Crippen molar-refractivity contribution in [3.8, 4) is 0 Å². The van der Waals surface area contributed by atoms with Crippen LogP contribution < -0.4 is 0 Å². The highest BCUT2D eigenvalue weighted by atomic mass is 79.9. The second-order valence-electron chi connectivity index (χ2n) is 4.05. The molecule has 0 unspecified atom stereocenters. The number of halogens is 1. The minimum atomic E-state index is -0.888. The lowest BCUT2D eigenvalue weighted by Crippen LogP contribution is -2.29. The Hall–Kier alpha value is -1.36. The van der Waals surface area contributed by atoms with Gasteiger partial charge in [-0.2, -0.15) is 0 Å². The molecule has 0 fully saturated rings. The monoisotopic (exact) mass is 313 g/mol. The van der Waals surface area contributed by atoms with E-state index in [-0.39, 0.29) is 18.9 Å². The number of aryl methyl sites for hydroxylation is 1. The maximum absolute atomic E-state index is 11.8. The second-order valence-corrected chi connectivity index (χ2v) is 4.90. The molecule has 1 aromatic rings. The van der Waals surface area contributed by atoms with Crippen molar-refractivity contribution < 1.29 is 14.7 Å². The third-order valence-electron chi connectivity index (χ3n) is 2.65. The molecule has 0 saturated heterocycles. The molecule has 0 aliphatic carbocycles. The van der Waals surface area contributed by atoms with Gasteiger partial charge in [0, 0.05) is 24.5 Å². The molecule has 1 aromatic carbocycles. The standard InChI is InChI=1S/C13H16BrNO3/c1-15(9-8-13(17)18)12(16)7-6-10-4-2-3-5-11(10)14/h2-5H,6-9H2,1H3,(H,17,18). The van der Waals surface area contributed by atoms with Crippen LogP contribution in [-0.2, 0) is 16.0 Å². The number of benzene rings is 1. The molecule has 0 aromatic heterocycles. The van der Waals surface area contributed by atoms with Crippen LogP contribution in [0.3, 0.4) is 0 Å². The zero-order chi connectivity index (χ0) is 13.5. The molecular weight excluding hydrogens is 298 g/mol. The molecule has 98 valence electrons. The Kier molecular flexibility index (Phi) is 5.85. The molecule has 0 heterocycles. The Bertz CT molecular complexity index is 434. The summed E-state index contributed by atoms with van der Waals surface area (Å²) in [5.41, 5.74) is 1.08. The number of rotatable bonds is 6. The molecule has 1 N–H and O–H groups in total. The summed E-state index contributed by atoms with van der Waals surface area (Å²) < 4.78 is 0.992. The van der Waals surface area contributed by atoms with Crippen LogP contribution in [-0.4, -0.2) is 35.5 Å². The highest BCUT2D eigenvalue weighted by Crippen LogP contribution is 2.17. The third kappa shape index (κ3) is 4.87. The molecule has 0 saturated carbocycles. The Morgan fingerprint density at radius 1 is 1.28 bits per heavy atom. The van der Waals surface area contributed by atoms with Crippen molar-refractivity contribution in [1.82, 2.24) is 4.90 Å². The first-order valence-corrected chi connectivity index (χ1v) is 6.49. The Balaban J connectivity index is 2.41. The first kappa shape index (κ1) is 14.7. The van der Waals surface area contributed by atoms with Gasteiger partial charge in [-0.3, -0.25) is 9.59 Å². The first-order valence-electron chi connectivity index (χ1n) is 5.70. The predicted molar refractivity (Wildman–Crippen MR) is 72.4 cm³/mol. The summed E-state index contributed by atoms with van der Waals surface area (Å²) in [7, 11) is 1.63. The molecule has 1 rings (SSSR count). The number of carbonyl (C=O) groups excluding carboxylic acids is 1. The maximum Gasteiger partial charge on any atom is 0.305 e. The van der Waals surface area contributed by atoms with Gasteiger partial charge in [0.2, 0.25) is 5.91 Å². The average molecular weight is 314 g/mol. The number of carbonyl (C=O) groups is 2. The topological polar surface area (TPSA) is 57.6 Å². The highest BCUT2D eigenvalue weighted by Gasteiger charge is 2.10. The van der Waals surface area contributed by atoms with Gasteiger partial charge in [-0.25, -0.2) is 0 Å². The van der Waals surface area contributed by atoms with Gasteiger partial charge in [0.15, 0.2) is 0 Å². The van der Waals surface area contributed by atoms with Crippen molar-refractivity contribution in [2.24, 2.45) is 0 Å². The number of nitrogens with zero attached hydrogens (tertiary/aromatic N) is 1. The summed E-state index contributed by atoms with van der Waals surface area (Å²) in [4.78, 5) is 23.6. The van der Waals surface area contributed by atoms with Crippen molar-refractivity contribution in [3.63, 3.8) is 0 Å². The summed E-state index contributed by atoms with van der Waals surface area (Å²) >= 11 is 3.43. The zero-order valence-corrected chi connectivity index (χ0v) is 11.8.